The van der Waals surface area contributed by atoms with E-state index in [9.17, 15) is 0 Å². The van der Waals surface area contributed by atoms with Crippen LogP contribution in [0.3, 0.4) is 0 Å². The lowest BCUT2D eigenvalue weighted by Gasteiger charge is -2.38. The largest absolute Gasteiger partial charge is 0.334 e. The van der Waals surface area contributed by atoms with Gasteiger partial charge in [-0.3, -0.25) is 0 Å². The monoisotopic (exact) mass is 1120 g/mol. The maximum atomic E-state index is 2.70. The number of anilines is 5. The number of allylic oxidation sites excluding steroid dienone is 2. The van der Waals surface area contributed by atoms with E-state index >= 15 is 0 Å². The number of benzene rings is 11. The molecule has 0 heterocycles. The first-order chi connectivity index (χ1) is 42.2. The average Bonchev–Trinajstić information content (AvgIpc) is 1.55. The standard InChI is InChI=1S/C85H68N2/c1-81(2)69-27-15-9-21-57(69)63-39-33-53(47-77(63)81)86(54-34-40-64-58-22-10-16-28-70(58)82(3,4)78(64)48-54)51-37-43-75-67(45-51)68-46-52(38-44-76(68)85(75)73-31-19-13-25-61(73)62-26-14-20-32-74(62)85)87(55-35-41-65-59-23-11-17-29-71(59)83(5,6)79(65)49-55)56-36-42-66-60-24-12-18-30-72(60)84(7,8)80(66)50-56/h9-49,56H,50H2,1-8H3. The number of rotatable bonds is 6. The molecule has 0 fully saturated rings. The van der Waals surface area contributed by atoms with Crippen molar-refractivity contribution < 1.29 is 0 Å². The van der Waals surface area contributed by atoms with Crippen molar-refractivity contribution in [3.63, 3.8) is 0 Å². The predicted molar refractivity (Wildman–Crippen MR) is 363 cm³/mol. The summed E-state index contributed by atoms with van der Waals surface area (Å²) in [5.74, 6) is 0. The van der Waals surface area contributed by atoms with E-state index in [2.05, 4.69) is 314 Å². The van der Waals surface area contributed by atoms with Crippen LogP contribution in [0.5, 0.6) is 0 Å². The number of nitrogens with zero attached hydrogens (tertiary/aromatic N) is 2. The fraction of sp³-hybridized carbons (Fsp3) is 0.176. The Bertz CT molecular complexity index is 4780. The van der Waals surface area contributed by atoms with Crippen LogP contribution in [-0.4, -0.2) is 6.04 Å². The molecule has 1 atom stereocenters. The van der Waals surface area contributed by atoms with E-state index < -0.39 is 5.41 Å². The van der Waals surface area contributed by atoms with Crippen molar-refractivity contribution in [3.05, 3.63) is 321 Å². The Kier molecular flexibility index (Phi) is 10.1. The molecule has 0 aliphatic heterocycles. The molecule has 418 valence electrons. The smallest absolute Gasteiger partial charge is 0.0725 e. The van der Waals surface area contributed by atoms with Gasteiger partial charge in [0.1, 0.15) is 0 Å². The zero-order valence-corrected chi connectivity index (χ0v) is 50.9. The summed E-state index contributed by atoms with van der Waals surface area (Å²) in [6, 6.07) is 91.7. The van der Waals surface area contributed by atoms with Gasteiger partial charge in [-0.1, -0.05) is 243 Å². The molecule has 0 saturated carbocycles. The van der Waals surface area contributed by atoms with Crippen molar-refractivity contribution in [1.82, 2.24) is 0 Å². The first-order valence-electron chi connectivity index (χ1n) is 31.5. The first kappa shape index (κ1) is 50.8. The van der Waals surface area contributed by atoms with Crippen molar-refractivity contribution in [2.45, 2.75) is 94.9 Å². The van der Waals surface area contributed by atoms with Crippen molar-refractivity contribution in [2.24, 2.45) is 0 Å². The summed E-state index contributed by atoms with van der Waals surface area (Å²) in [4.78, 5) is 5.27. The average molecular weight is 1120 g/mol. The molecule has 0 amide bonds. The van der Waals surface area contributed by atoms with E-state index in [0.29, 0.717) is 0 Å². The van der Waals surface area contributed by atoms with Gasteiger partial charge in [0, 0.05) is 50.1 Å². The van der Waals surface area contributed by atoms with Crippen LogP contribution in [0.1, 0.15) is 129 Å². The summed E-state index contributed by atoms with van der Waals surface area (Å²) in [6.07, 6.45) is 5.88. The Hall–Kier alpha value is -9.50. The zero-order chi connectivity index (χ0) is 58.7. The lowest BCUT2D eigenvalue weighted by atomic mass is 9.70. The van der Waals surface area contributed by atoms with Crippen molar-refractivity contribution >= 4 is 34.0 Å². The van der Waals surface area contributed by atoms with Gasteiger partial charge in [-0.15, -0.1) is 0 Å². The maximum absolute atomic E-state index is 2.70. The van der Waals surface area contributed by atoms with Gasteiger partial charge < -0.3 is 9.80 Å². The second-order valence-corrected chi connectivity index (χ2v) is 27.9. The quantitative estimate of drug-likeness (QED) is 0.164. The molecule has 2 heteroatoms. The molecule has 2 nitrogen and oxygen atoms in total. The molecule has 0 bridgehead atoms. The van der Waals surface area contributed by atoms with E-state index in [0.717, 1.165) is 23.5 Å². The Labute approximate surface area is 512 Å². The van der Waals surface area contributed by atoms with Crippen LogP contribution in [0.4, 0.5) is 28.4 Å². The van der Waals surface area contributed by atoms with Crippen molar-refractivity contribution in [1.29, 1.82) is 0 Å². The molecular formula is C85H68N2. The van der Waals surface area contributed by atoms with Gasteiger partial charge in [0.05, 0.1) is 11.5 Å². The summed E-state index contributed by atoms with van der Waals surface area (Å²) in [6.45, 7) is 19.3. The lowest BCUT2D eigenvalue weighted by Crippen LogP contribution is -2.34. The number of hydrogen-bond donors (Lipinski definition) is 0. The summed E-state index contributed by atoms with van der Waals surface area (Å²) in [5.41, 5.74) is 37.2. The van der Waals surface area contributed by atoms with Crippen LogP contribution < -0.4 is 9.80 Å². The Morgan fingerprint density at radius 1 is 0.276 bits per heavy atom. The van der Waals surface area contributed by atoms with Gasteiger partial charge in [0.15, 0.2) is 0 Å². The van der Waals surface area contributed by atoms with Gasteiger partial charge in [-0.25, -0.2) is 0 Å². The minimum Gasteiger partial charge on any atom is -0.334 e. The van der Waals surface area contributed by atoms with Gasteiger partial charge in [-0.05, 0) is 201 Å². The molecule has 18 rings (SSSR count). The van der Waals surface area contributed by atoms with Crippen LogP contribution in [0, 0.1) is 0 Å². The third kappa shape index (κ3) is 6.56. The molecule has 11 aromatic carbocycles. The normalized spacial score (nSPS) is 18.1. The Morgan fingerprint density at radius 3 is 1.06 bits per heavy atom. The van der Waals surface area contributed by atoms with Crippen LogP contribution >= 0.6 is 0 Å². The molecule has 1 spiro atoms. The third-order valence-corrected chi connectivity index (χ3v) is 22.3. The first-order valence-corrected chi connectivity index (χ1v) is 31.5. The van der Waals surface area contributed by atoms with Gasteiger partial charge in [0.2, 0.25) is 0 Å². The summed E-state index contributed by atoms with van der Waals surface area (Å²) in [5, 5.41) is 0. The molecule has 7 aliphatic rings. The van der Waals surface area contributed by atoms with Crippen LogP contribution in [0.25, 0.3) is 61.2 Å². The van der Waals surface area contributed by atoms with E-state index in [4.69, 9.17) is 0 Å². The Morgan fingerprint density at radius 2 is 0.586 bits per heavy atom. The Balaban J connectivity index is 0.868. The third-order valence-electron chi connectivity index (χ3n) is 22.3. The fourth-order valence-electron chi connectivity index (χ4n) is 18.0. The van der Waals surface area contributed by atoms with Gasteiger partial charge in [0.25, 0.3) is 0 Å². The molecule has 7 aliphatic carbocycles. The number of fused-ring (bicyclic) bond motifs is 21. The molecule has 1 unspecified atom stereocenters. The second-order valence-electron chi connectivity index (χ2n) is 27.9. The van der Waals surface area contributed by atoms with Gasteiger partial charge in [-0.2, -0.15) is 0 Å². The molecule has 87 heavy (non-hydrogen) atoms. The van der Waals surface area contributed by atoms with E-state index in [-0.39, 0.29) is 27.7 Å². The van der Waals surface area contributed by atoms with Crippen molar-refractivity contribution in [2.75, 3.05) is 9.80 Å². The molecule has 11 aromatic rings. The number of hydrogen-bond acceptors (Lipinski definition) is 2. The highest BCUT2D eigenvalue weighted by atomic mass is 15.2. The minimum absolute atomic E-state index is 0.0512. The van der Waals surface area contributed by atoms with E-state index in [1.54, 1.807) is 0 Å². The molecule has 0 N–H and O–H groups in total. The minimum atomic E-state index is -0.537. The fourth-order valence-corrected chi connectivity index (χ4v) is 18.0. The lowest BCUT2D eigenvalue weighted by molar-refractivity contribution is 0.585. The molecular weight excluding hydrogens is 1050 g/mol. The predicted octanol–water partition coefficient (Wildman–Crippen LogP) is 21.6. The highest BCUT2D eigenvalue weighted by Gasteiger charge is 2.52. The highest BCUT2D eigenvalue weighted by Crippen LogP contribution is 2.65. The zero-order valence-electron chi connectivity index (χ0n) is 50.9. The van der Waals surface area contributed by atoms with E-state index in [1.165, 1.54) is 145 Å². The molecule has 0 aromatic heterocycles. The summed E-state index contributed by atoms with van der Waals surface area (Å²) < 4.78 is 0. The van der Waals surface area contributed by atoms with Crippen molar-refractivity contribution in [3.8, 4) is 55.6 Å². The topological polar surface area (TPSA) is 6.48 Å². The molecule has 0 saturated heterocycles. The van der Waals surface area contributed by atoms with E-state index in [1.807, 2.05) is 0 Å². The summed E-state index contributed by atoms with van der Waals surface area (Å²) >= 11 is 0. The van der Waals surface area contributed by atoms with Crippen LogP contribution in [0.2, 0.25) is 0 Å². The van der Waals surface area contributed by atoms with Crippen LogP contribution in [0.15, 0.2) is 254 Å². The maximum Gasteiger partial charge on any atom is 0.0725 e. The van der Waals surface area contributed by atoms with Crippen LogP contribution in [-0.2, 0) is 27.1 Å². The molecule has 0 radical (unpaired) electrons. The van der Waals surface area contributed by atoms with Gasteiger partial charge >= 0.3 is 0 Å². The second kappa shape index (κ2) is 17.4. The summed E-state index contributed by atoms with van der Waals surface area (Å²) in [7, 11) is 0. The highest BCUT2D eigenvalue weighted by molar-refractivity contribution is 5.99. The SMILES string of the molecule is CC1(C)C2=C(C=CC(N(c3ccc4c(c3)-c3cc(N(c5ccc6c(c5)C(C)(C)c5ccccc5-6)c5ccc6c(c5)C(C)(C)c5ccccc5-6)ccc3C43c4ccccc4-c4ccccc43)c3ccc4c(c3)C(C)(C)c3ccccc3-4)C2)c2ccccc21.